The van der Waals surface area contributed by atoms with Crippen molar-refractivity contribution in [2.24, 2.45) is 0 Å². The number of carbonyl (C=O) groups is 3. The fourth-order valence-electron chi connectivity index (χ4n) is 3.66. The van der Waals surface area contributed by atoms with Crippen molar-refractivity contribution < 1.29 is 23.9 Å². The van der Waals surface area contributed by atoms with Crippen LogP contribution in [-0.2, 0) is 9.59 Å². The predicted molar refractivity (Wildman–Crippen MR) is 135 cm³/mol. The summed E-state index contributed by atoms with van der Waals surface area (Å²) in [7, 11) is 1.55. The Morgan fingerprint density at radius 1 is 0.971 bits per heavy atom. The molecule has 0 atom stereocenters. The monoisotopic (exact) mass is 493 g/mol. The second-order valence-corrected chi connectivity index (χ2v) is 8.27. The standard InChI is InChI=1S/C26H24ClN3O5/c1-34-21-5-2-4-18(14-21)28-24(31)16-35-20-10-7-17(8-11-20)26(33)29-19-9-12-23(22(27)15-19)30-13-3-6-25(30)32/h2,4-5,7-12,14-15H,3,6,13,16H2,1H3,(H,28,31)(H,29,33). The summed E-state index contributed by atoms with van der Waals surface area (Å²) in [5.74, 6) is 0.482. The van der Waals surface area contributed by atoms with Crippen molar-refractivity contribution in [3.8, 4) is 11.5 Å². The molecule has 0 aliphatic carbocycles. The van der Waals surface area contributed by atoms with Gasteiger partial charge in [0.1, 0.15) is 11.5 Å². The van der Waals surface area contributed by atoms with Gasteiger partial charge in [-0.25, -0.2) is 0 Å². The van der Waals surface area contributed by atoms with Crippen molar-refractivity contribution in [1.82, 2.24) is 0 Å². The maximum absolute atomic E-state index is 12.6. The van der Waals surface area contributed by atoms with Crippen LogP contribution in [0.3, 0.4) is 0 Å². The van der Waals surface area contributed by atoms with Gasteiger partial charge in [-0.2, -0.15) is 0 Å². The summed E-state index contributed by atoms with van der Waals surface area (Å²) in [5.41, 5.74) is 2.17. The molecule has 8 nitrogen and oxygen atoms in total. The highest BCUT2D eigenvalue weighted by Crippen LogP contribution is 2.32. The topological polar surface area (TPSA) is 97.0 Å². The summed E-state index contributed by atoms with van der Waals surface area (Å²) < 4.78 is 10.6. The van der Waals surface area contributed by atoms with Crippen LogP contribution in [0.5, 0.6) is 11.5 Å². The Bertz CT molecular complexity index is 1250. The van der Waals surface area contributed by atoms with Crippen LogP contribution < -0.4 is 25.0 Å². The molecular weight excluding hydrogens is 470 g/mol. The number of ether oxygens (including phenoxy) is 2. The number of anilines is 3. The number of carbonyl (C=O) groups excluding carboxylic acids is 3. The zero-order chi connectivity index (χ0) is 24.8. The Kier molecular flexibility index (Phi) is 7.52. The Morgan fingerprint density at radius 3 is 2.43 bits per heavy atom. The number of methoxy groups -OCH3 is 1. The SMILES string of the molecule is COc1cccc(NC(=O)COc2ccc(C(=O)Nc3ccc(N4CCCC4=O)c(Cl)c3)cc2)c1. The van der Waals surface area contributed by atoms with Gasteiger partial charge in [-0.1, -0.05) is 17.7 Å². The van der Waals surface area contributed by atoms with Gasteiger partial charge in [0.15, 0.2) is 6.61 Å². The molecule has 0 bridgehead atoms. The summed E-state index contributed by atoms with van der Waals surface area (Å²) in [4.78, 5) is 38.4. The van der Waals surface area contributed by atoms with E-state index in [1.807, 2.05) is 0 Å². The summed E-state index contributed by atoms with van der Waals surface area (Å²) in [6, 6.07) is 18.5. The average Bonchev–Trinajstić information content (AvgIpc) is 3.28. The van der Waals surface area contributed by atoms with Crippen molar-refractivity contribution in [2.75, 3.05) is 35.8 Å². The summed E-state index contributed by atoms with van der Waals surface area (Å²) >= 11 is 6.35. The molecule has 0 radical (unpaired) electrons. The number of amides is 3. The maximum Gasteiger partial charge on any atom is 0.262 e. The Morgan fingerprint density at radius 2 is 1.74 bits per heavy atom. The third-order valence-corrected chi connectivity index (χ3v) is 5.71. The second-order valence-electron chi connectivity index (χ2n) is 7.86. The number of hydrogen-bond acceptors (Lipinski definition) is 5. The number of halogens is 1. The van der Waals surface area contributed by atoms with E-state index in [0.717, 1.165) is 6.42 Å². The highest BCUT2D eigenvalue weighted by atomic mass is 35.5. The number of nitrogens with zero attached hydrogens (tertiary/aromatic N) is 1. The molecule has 3 amide bonds. The van der Waals surface area contributed by atoms with Crippen LogP contribution in [-0.4, -0.2) is 38.0 Å². The van der Waals surface area contributed by atoms with Crippen molar-refractivity contribution in [3.05, 3.63) is 77.3 Å². The molecule has 0 spiro atoms. The van der Waals surface area contributed by atoms with Gasteiger partial charge in [0.05, 0.1) is 17.8 Å². The first kappa shape index (κ1) is 24.1. The number of hydrogen-bond donors (Lipinski definition) is 2. The maximum atomic E-state index is 12.6. The van der Waals surface area contributed by atoms with E-state index in [9.17, 15) is 14.4 Å². The summed E-state index contributed by atoms with van der Waals surface area (Å²) in [5, 5.41) is 5.92. The highest BCUT2D eigenvalue weighted by molar-refractivity contribution is 6.34. The van der Waals surface area contributed by atoms with Gasteiger partial charge in [0.2, 0.25) is 5.91 Å². The first-order chi connectivity index (χ1) is 16.9. The minimum atomic E-state index is -0.326. The molecule has 35 heavy (non-hydrogen) atoms. The average molecular weight is 494 g/mol. The van der Waals surface area contributed by atoms with Crippen LogP contribution >= 0.6 is 11.6 Å². The van der Waals surface area contributed by atoms with Crippen molar-refractivity contribution in [2.45, 2.75) is 12.8 Å². The number of nitrogens with one attached hydrogen (secondary N) is 2. The van der Waals surface area contributed by atoms with E-state index in [4.69, 9.17) is 21.1 Å². The van der Waals surface area contributed by atoms with Gasteiger partial charge in [0, 0.05) is 36.0 Å². The minimum absolute atomic E-state index is 0.0452. The molecule has 180 valence electrons. The molecule has 3 aromatic rings. The van der Waals surface area contributed by atoms with Gasteiger partial charge in [-0.15, -0.1) is 0 Å². The molecule has 0 saturated carbocycles. The largest absolute Gasteiger partial charge is 0.497 e. The smallest absolute Gasteiger partial charge is 0.262 e. The summed E-state index contributed by atoms with van der Waals surface area (Å²) in [6.45, 7) is 0.453. The molecule has 1 saturated heterocycles. The fraction of sp³-hybridized carbons (Fsp3) is 0.192. The van der Waals surface area contributed by atoms with Crippen LogP contribution in [0.2, 0.25) is 5.02 Å². The normalized spacial score (nSPS) is 12.9. The molecule has 1 heterocycles. The van der Waals surface area contributed by atoms with Crippen LogP contribution in [0.25, 0.3) is 0 Å². The molecule has 9 heteroatoms. The van der Waals surface area contributed by atoms with E-state index in [1.165, 1.54) is 0 Å². The highest BCUT2D eigenvalue weighted by Gasteiger charge is 2.23. The van der Waals surface area contributed by atoms with Crippen LogP contribution in [0, 0.1) is 0 Å². The van der Waals surface area contributed by atoms with Crippen molar-refractivity contribution in [1.29, 1.82) is 0 Å². The lowest BCUT2D eigenvalue weighted by Gasteiger charge is -2.18. The van der Waals surface area contributed by atoms with E-state index >= 15 is 0 Å². The van der Waals surface area contributed by atoms with E-state index in [0.29, 0.717) is 52.1 Å². The van der Waals surface area contributed by atoms with E-state index < -0.39 is 0 Å². The minimum Gasteiger partial charge on any atom is -0.497 e. The van der Waals surface area contributed by atoms with E-state index in [-0.39, 0.29) is 24.3 Å². The second kappa shape index (κ2) is 10.9. The fourth-order valence-corrected chi connectivity index (χ4v) is 3.94. The number of benzene rings is 3. The van der Waals surface area contributed by atoms with Crippen molar-refractivity contribution in [3.63, 3.8) is 0 Å². The van der Waals surface area contributed by atoms with Gasteiger partial charge in [-0.3, -0.25) is 14.4 Å². The molecule has 1 fully saturated rings. The number of rotatable bonds is 8. The first-order valence-electron chi connectivity index (χ1n) is 11.0. The van der Waals surface area contributed by atoms with Gasteiger partial charge < -0.3 is 25.0 Å². The molecular formula is C26H24ClN3O5. The zero-order valence-corrected chi connectivity index (χ0v) is 19.8. The molecule has 0 aromatic heterocycles. The van der Waals surface area contributed by atoms with Crippen LogP contribution in [0.4, 0.5) is 17.1 Å². The molecule has 1 aliphatic rings. The quantitative estimate of drug-likeness (QED) is 0.472. The molecule has 3 aromatic carbocycles. The third-order valence-electron chi connectivity index (χ3n) is 5.41. The van der Waals surface area contributed by atoms with E-state index in [1.54, 1.807) is 78.7 Å². The first-order valence-corrected chi connectivity index (χ1v) is 11.4. The lowest BCUT2D eigenvalue weighted by molar-refractivity contribution is -0.118. The molecule has 4 rings (SSSR count). The van der Waals surface area contributed by atoms with Crippen molar-refractivity contribution >= 4 is 46.4 Å². The van der Waals surface area contributed by atoms with Gasteiger partial charge in [-0.05, 0) is 61.0 Å². The predicted octanol–water partition coefficient (Wildman–Crippen LogP) is 4.75. The Labute approximate surface area is 207 Å². The van der Waals surface area contributed by atoms with E-state index in [2.05, 4.69) is 10.6 Å². The van der Waals surface area contributed by atoms with Gasteiger partial charge in [0.25, 0.3) is 11.8 Å². The third kappa shape index (κ3) is 6.10. The Hall–Kier alpha value is -4.04. The van der Waals surface area contributed by atoms with Crippen LogP contribution in [0.1, 0.15) is 23.2 Å². The molecule has 2 N–H and O–H groups in total. The lowest BCUT2D eigenvalue weighted by Crippen LogP contribution is -2.24. The van der Waals surface area contributed by atoms with Gasteiger partial charge >= 0.3 is 0 Å². The summed E-state index contributed by atoms with van der Waals surface area (Å²) in [6.07, 6.45) is 1.32. The zero-order valence-electron chi connectivity index (χ0n) is 19.0. The Balaban J connectivity index is 1.30. The molecule has 0 unspecified atom stereocenters. The molecule has 1 aliphatic heterocycles. The van der Waals surface area contributed by atoms with Crippen LogP contribution in [0.15, 0.2) is 66.7 Å². The lowest BCUT2D eigenvalue weighted by atomic mass is 10.2.